The standard InChI is InChI=1S/C26H31N11O7S2/c1-26(2,23(42)43)44-35-16(15-11-46-25(30)33-15)19(38)34-17-20(39)37-18(22(40)41)12(10-45-21(17)37)8-36-7-3-4-13(27)14(9-36)31-5-6-32-24(28)29/h4,7,9,11,17,21,27,31H,5-6,8,10H2,1-2H3,(H9,28,29,30,32,33,34,38,40,41,42,43)/p+1/b35-16-/t17-,21?/m1/s1. The van der Waals surface area contributed by atoms with E-state index in [2.05, 4.69) is 31.5 Å². The normalized spacial score (nSPS) is 19.5. The summed E-state index contributed by atoms with van der Waals surface area (Å²) in [6.07, 6.45) is 4.81. The van der Waals surface area contributed by atoms with Crippen LogP contribution in [0.3, 0.4) is 0 Å². The summed E-state index contributed by atoms with van der Waals surface area (Å²) in [7, 11) is 0. The van der Waals surface area contributed by atoms with E-state index in [4.69, 9.17) is 27.8 Å². The zero-order chi connectivity index (χ0) is 33.8. The lowest BCUT2D eigenvalue weighted by atomic mass is 10.0. The summed E-state index contributed by atoms with van der Waals surface area (Å²) >= 11 is 2.27. The van der Waals surface area contributed by atoms with Crippen molar-refractivity contribution >= 4 is 69.9 Å². The SMILES string of the molecule is CC(C)(O/N=C(\C(=O)N[C@@H]1C(=O)N2C(C(=O)O)=C(C[N+]3=CC(NCCN=C(N)N)=C(N)C=C=C3)CSC12)c1csc(N)n1)C(=O)O. The zero-order valence-electron chi connectivity index (χ0n) is 24.6. The van der Waals surface area contributed by atoms with Gasteiger partial charge in [0.2, 0.25) is 11.8 Å². The number of aliphatic carboxylic acids is 2. The first-order valence-corrected chi connectivity index (χ1v) is 15.4. The number of allylic oxidation sites excluding steroid dienone is 2. The molecule has 12 N–H and O–H groups in total. The monoisotopic (exact) mass is 674 g/mol. The number of fused-ring (bicyclic) bond motifs is 1. The predicted octanol–water partition coefficient (Wildman–Crippen LogP) is -2.15. The van der Waals surface area contributed by atoms with E-state index in [0.717, 1.165) is 16.2 Å². The number of β-lactam (4-membered cyclic amide) rings is 1. The summed E-state index contributed by atoms with van der Waals surface area (Å²) in [4.78, 5) is 64.7. The van der Waals surface area contributed by atoms with Gasteiger partial charge in [0, 0.05) is 29.3 Å². The number of nitrogens with zero attached hydrogens (tertiary/aromatic N) is 5. The van der Waals surface area contributed by atoms with Crippen molar-refractivity contribution in [1.82, 2.24) is 20.5 Å². The number of hydrogen-bond donors (Lipinski definition) is 8. The number of guanidine groups is 1. The first-order chi connectivity index (χ1) is 21.7. The number of nitrogen functional groups attached to an aromatic ring is 1. The van der Waals surface area contributed by atoms with Gasteiger partial charge in [0.15, 0.2) is 29.6 Å². The van der Waals surface area contributed by atoms with Crippen LogP contribution < -0.4 is 33.6 Å². The average molecular weight is 675 g/mol. The number of oxime groups is 1. The van der Waals surface area contributed by atoms with Crippen LogP contribution >= 0.6 is 23.1 Å². The average Bonchev–Trinajstić information content (AvgIpc) is 3.33. The number of nitrogens with one attached hydrogen (secondary N) is 2. The van der Waals surface area contributed by atoms with Crippen molar-refractivity contribution in [2.45, 2.75) is 30.9 Å². The summed E-state index contributed by atoms with van der Waals surface area (Å²) in [6, 6.07) is -1.11. The highest BCUT2D eigenvalue weighted by atomic mass is 32.2. The number of thioether (sulfide) groups is 1. The summed E-state index contributed by atoms with van der Waals surface area (Å²) < 4.78 is 1.67. The zero-order valence-corrected chi connectivity index (χ0v) is 26.2. The minimum Gasteiger partial charge on any atom is -0.478 e. The third-order valence-corrected chi connectivity index (χ3v) is 8.59. The minimum atomic E-state index is -1.78. The van der Waals surface area contributed by atoms with Crippen LogP contribution in [0, 0.1) is 0 Å². The van der Waals surface area contributed by atoms with E-state index < -0.39 is 46.5 Å². The molecule has 3 aliphatic rings. The Bertz CT molecular complexity index is 1680. The Morgan fingerprint density at radius 3 is 2.65 bits per heavy atom. The molecule has 0 saturated carbocycles. The minimum absolute atomic E-state index is 0.00473. The maximum Gasteiger partial charge on any atom is 0.352 e. The van der Waals surface area contributed by atoms with E-state index >= 15 is 0 Å². The third-order valence-electron chi connectivity index (χ3n) is 6.58. The Morgan fingerprint density at radius 2 is 2.02 bits per heavy atom. The molecule has 18 nitrogen and oxygen atoms in total. The molecule has 3 aliphatic heterocycles. The molecule has 0 aliphatic carbocycles. The van der Waals surface area contributed by atoms with Crippen LogP contribution in [0.1, 0.15) is 19.5 Å². The summed E-state index contributed by atoms with van der Waals surface area (Å²) in [5, 5.41) is 29.7. The number of nitrogens with two attached hydrogens (primary N) is 4. The first-order valence-electron chi connectivity index (χ1n) is 13.4. The molecular formula is C26H32N11O7S2+. The van der Waals surface area contributed by atoms with Gasteiger partial charge in [-0.15, -0.1) is 23.1 Å². The van der Waals surface area contributed by atoms with Crippen molar-refractivity contribution in [3.63, 3.8) is 0 Å². The second kappa shape index (κ2) is 13.8. The van der Waals surface area contributed by atoms with E-state index in [0.29, 0.717) is 30.1 Å². The summed E-state index contributed by atoms with van der Waals surface area (Å²) in [6.45, 7) is 3.23. The van der Waals surface area contributed by atoms with Gasteiger partial charge in [-0.25, -0.2) is 14.6 Å². The molecule has 0 spiro atoms. The van der Waals surface area contributed by atoms with E-state index in [1.54, 1.807) is 23.1 Å². The molecule has 0 radical (unpaired) electrons. The van der Waals surface area contributed by atoms with Crippen LogP contribution in [0.5, 0.6) is 0 Å². The van der Waals surface area contributed by atoms with E-state index in [9.17, 15) is 29.4 Å². The number of aliphatic imine (C=N–C) groups is 1. The number of thiazole rings is 1. The van der Waals surface area contributed by atoms with E-state index in [1.807, 2.05) is 0 Å². The Hall–Kier alpha value is -5.33. The van der Waals surface area contributed by atoms with Gasteiger partial charge in [-0.1, -0.05) is 5.16 Å². The maximum atomic E-state index is 13.3. The molecule has 0 aromatic carbocycles. The summed E-state index contributed by atoms with van der Waals surface area (Å²) in [5.74, 6) is -4.03. The maximum absolute atomic E-state index is 13.3. The molecule has 46 heavy (non-hydrogen) atoms. The van der Waals surface area contributed by atoms with Gasteiger partial charge in [0.1, 0.15) is 28.5 Å². The van der Waals surface area contributed by atoms with Crippen LogP contribution in [0.2, 0.25) is 0 Å². The molecule has 1 aromatic rings. The molecule has 1 saturated heterocycles. The number of amides is 2. The number of carboxylic acids is 2. The van der Waals surface area contributed by atoms with Gasteiger partial charge < -0.3 is 48.6 Å². The number of anilines is 1. The van der Waals surface area contributed by atoms with E-state index in [-0.39, 0.29) is 34.8 Å². The molecule has 2 atom stereocenters. The van der Waals surface area contributed by atoms with Gasteiger partial charge in [-0.3, -0.25) is 19.5 Å². The third kappa shape index (κ3) is 7.48. The molecule has 2 amide bonds. The number of hydrogen-bond acceptors (Lipinski definition) is 13. The molecule has 4 heterocycles. The molecule has 0 bridgehead atoms. The van der Waals surface area contributed by atoms with Crippen LogP contribution in [0.15, 0.2) is 56.2 Å². The lowest BCUT2D eigenvalue weighted by Crippen LogP contribution is -2.71. The Morgan fingerprint density at radius 1 is 1.28 bits per heavy atom. The molecular weight excluding hydrogens is 642 g/mol. The van der Waals surface area contributed by atoms with Gasteiger partial charge in [-0.05, 0) is 19.6 Å². The Kier molecular flexibility index (Phi) is 10.0. The molecule has 1 aromatic heterocycles. The van der Waals surface area contributed by atoms with Gasteiger partial charge in [0.05, 0.1) is 12.2 Å². The van der Waals surface area contributed by atoms with Crippen molar-refractivity contribution in [3.05, 3.63) is 51.7 Å². The van der Waals surface area contributed by atoms with Gasteiger partial charge in [-0.2, -0.15) is 4.58 Å². The highest BCUT2D eigenvalue weighted by molar-refractivity contribution is 8.00. The fourth-order valence-corrected chi connectivity index (χ4v) is 6.11. The van der Waals surface area contributed by atoms with Gasteiger partial charge in [0.25, 0.3) is 11.8 Å². The Labute approximate surface area is 269 Å². The molecule has 20 heteroatoms. The van der Waals surface area contributed by atoms with Crippen LogP contribution in [-0.4, -0.2) is 109 Å². The van der Waals surface area contributed by atoms with Gasteiger partial charge >= 0.3 is 11.9 Å². The fraction of sp³-hybridized carbons (Fsp3) is 0.346. The quantitative estimate of drug-likeness (QED) is 0.0211. The number of carbonyl (C=O) groups is 4. The highest BCUT2D eigenvalue weighted by Crippen LogP contribution is 2.40. The lowest BCUT2D eigenvalue weighted by molar-refractivity contribution is -0.442. The lowest BCUT2D eigenvalue weighted by Gasteiger charge is -2.49. The number of carbonyl (C=O) groups excluding carboxylic acids is 2. The van der Waals surface area contributed by atoms with Crippen molar-refractivity contribution < 1.29 is 38.8 Å². The smallest absolute Gasteiger partial charge is 0.352 e. The van der Waals surface area contributed by atoms with Crippen LogP contribution in [-0.2, 0) is 24.0 Å². The molecule has 4 rings (SSSR count). The highest BCUT2D eigenvalue weighted by Gasteiger charge is 2.55. The largest absolute Gasteiger partial charge is 0.478 e. The fourth-order valence-electron chi connectivity index (χ4n) is 4.23. The second-order valence-corrected chi connectivity index (χ2v) is 12.4. The topological polar surface area (TPSA) is 290 Å². The summed E-state index contributed by atoms with van der Waals surface area (Å²) in [5.41, 5.74) is 24.4. The molecule has 244 valence electrons. The van der Waals surface area contributed by atoms with Crippen LogP contribution in [0.4, 0.5) is 5.13 Å². The number of carboxylic acid groups (broad SMARTS) is 2. The van der Waals surface area contributed by atoms with Crippen molar-refractivity contribution in [1.29, 1.82) is 0 Å². The molecule has 1 fully saturated rings. The Balaban J connectivity index is 1.53. The van der Waals surface area contributed by atoms with Crippen molar-refractivity contribution in [3.8, 4) is 0 Å². The van der Waals surface area contributed by atoms with E-state index in [1.165, 1.54) is 31.0 Å². The van der Waals surface area contributed by atoms with Crippen molar-refractivity contribution in [2.24, 2.45) is 27.3 Å². The number of rotatable bonds is 13. The first kappa shape index (κ1) is 33.6. The number of aromatic nitrogens is 1. The van der Waals surface area contributed by atoms with Crippen LogP contribution in [0.25, 0.3) is 0 Å². The predicted molar refractivity (Wildman–Crippen MR) is 169 cm³/mol. The molecule has 1 unspecified atom stereocenters. The van der Waals surface area contributed by atoms with Crippen molar-refractivity contribution in [2.75, 3.05) is 31.1 Å². The second-order valence-electron chi connectivity index (χ2n) is 10.4.